The van der Waals surface area contributed by atoms with E-state index in [1.807, 2.05) is 84.9 Å². The summed E-state index contributed by atoms with van der Waals surface area (Å²) in [4.78, 5) is 14.8. The lowest BCUT2D eigenvalue weighted by Crippen LogP contribution is -2.00. The molecular formula is C45H27N3O2. The topological polar surface area (TPSA) is 65.0 Å². The molecule has 0 aliphatic heterocycles. The van der Waals surface area contributed by atoms with Crippen LogP contribution in [0.2, 0.25) is 0 Å². The number of hydrogen-bond donors (Lipinski definition) is 0. The highest BCUT2D eigenvalue weighted by Gasteiger charge is 2.18. The minimum absolute atomic E-state index is 0.621. The molecule has 0 fully saturated rings. The van der Waals surface area contributed by atoms with Crippen molar-refractivity contribution >= 4 is 43.9 Å². The number of hydrogen-bond acceptors (Lipinski definition) is 5. The third kappa shape index (κ3) is 4.67. The summed E-state index contributed by atoms with van der Waals surface area (Å²) in [5, 5.41) is 4.32. The lowest BCUT2D eigenvalue weighted by molar-refractivity contribution is 0.668. The van der Waals surface area contributed by atoms with E-state index in [-0.39, 0.29) is 0 Å². The molecule has 10 rings (SSSR count). The van der Waals surface area contributed by atoms with E-state index in [1.54, 1.807) is 0 Å². The number of benzene rings is 7. The molecule has 234 valence electrons. The smallest absolute Gasteiger partial charge is 0.164 e. The normalized spacial score (nSPS) is 11.6. The molecule has 10 aromatic rings. The van der Waals surface area contributed by atoms with Crippen molar-refractivity contribution in [3.05, 3.63) is 164 Å². The van der Waals surface area contributed by atoms with Crippen LogP contribution in [0.25, 0.3) is 100 Å². The Hall–Kier alpha value is -6.85. The fraction of sp³-hybridized carbons (Fsp3) is 0. The Morgan fingerprint density at radius 1 is 0.320 bits per heavy atom. The zero-order valence-corrected chi connectivity index (χ0v) is 26.7. The SMILES string of the molecule is c1ccc(-c2nc(-c3ccccc3)nc(-c3cccc(-c4ccc5oc6cccc(-c7cccc8c7oc7ccccc78)c6c5c4)c3)n2)cc1. The first kappa shape index (κ1) is 28.2. The molecule has 5 nitrogen and oxygen atoms in total. The second-order valence-corrected chi connectivity index (χ2v) is 12.4. The van der Waals surface area contributed by atoms with Crippen LogP contribution >= 0.6 is 0 Å². The van der Waals surface area contributed by atoms with Crippen molar-refractivity contribution in [1.29, 1.82) is 0 Å². The number of rotatable bonds is 5. The van der Waals surface area contributed by atoms with Crippen molar-refractivity contribution in [3.8, 4) is 56.4 Å². The van der Waals surface area contributed by atoms with E-state index >= 15 is 0 Å². The maximum atomic E-state index is 6.45. The van der Waals surface area contributed by atoms with Gasteiger partial charge in [-0.1, -0.05) is 133 Å². The van der Waals surface area contributed by atoms with Gasteiger partial charge in [0.25, 0.3) is 0 Å². The van der Waals surface area contributed by atoms with Gasteiger partial charge in [-0.3, -0.25) is 0 Å². The van der Waals surface area contributed by atoms with Crippen LogP contribution in [0.4, 0.5) is 0 Å². The molecule has 0 saturated carbocycles. The molecule has 0 N–H and O–H groups in total. The summed E-state index contributed by atoms with van der Waals surface area (Å²) in [6.45, 7) is 0. The van der Waals surface area contributed by atoms with Crippen molar-refractivity contribution < 1.29 is 8.83 Å². The molecule has 0 bridgehead atoms. The Bertz CT molecular complexity index is 2810. The van der Waals surface area contributed by atoms with Gasteiger partial charge in [0, 0.05) is 43.8 Å². The van der Waals surface area contributed by atoms with Crippen LogP contribution in [0.3, 0.4) is 0 Å². The number of nitrogens with zero attached hydrogens (tertiary/aromatic N) is 3. The van der Waals surface area contributed by atoms with Crippen molar-refractivity contribution in [3.63, 3.8) is 0 Å². The fourth-order valence-corrected chi connectivity index (χ4v) is 6.97. The largest absolute Gasteiger partial charge is 0.456 e. The average molecular weight is 642 g/mol. The van der Waals surface area contributed by atoms with Crippen molar-refractivity contribution in [2.24, 2.45) is 0 Å². The first-order valence-electron chi connectivity index (χ1n) is 16.6. The molecule has 0 aliphatic carbocycles. The van der Waals surface area contributed by atoms with Gasteiger partial charge in [0.1, 0.15) is 22.3 Å². The van der Waals surface area contributed by atoms with Crippen molar-refractivity contribution in [2.45, 2.75) is 0 Å². The Labute approximate surface area is 287 Å². The molecular weight excluding hydrogens is 615 g/mol. The quantitative estimate of drug-likeness (QED) is 0.187. The molecule has 5 heteroatoms. The monoisotopic (exact) mass is 641 g/mol. The summed E-state index contributed by atoms with van der Waals surface area (Å²) in [6, 6.07) is 55.7. The van der Waals surface area contributed by atoms with Gasteiger partial charge in [-0.2, -0.15) is 0 Å². The van der Waals surface area contributed by atoms with Gasteiger partial charge in [0.05, 0.1) is 0 Å². The van der Waals surface area contributed by atoms with E-state index in [2.05, 4.69) is 78.9 Å². The van der Waals surface area contributed by atoms with Gasteiger partial charge in [0.15, 0.2) is 17.5 Å². The van der Waals surface area contributed by atoms with Crippen molar-refractivity contribution in [2.75, 3.05) is 0 Å². The van der Waals surface area contributed by atoms with Crippen LogP contribution in [0.5, 0.6) is 0 Å². The molecule has 7 aromatic carbocycles. The second kappa shape index (κ2) is 11.4. The maximum absolute atomic E-state index is 6.45. The van der Waals surface area contributed by atoms with Gasteiger partial charge in [-0.15, -0.1) is 0 Å². The van der Waals surface area contributed by atoms with Crippen LogP contribution < -0.4 is 0 Å². The minimum Gasteiger partial charge on any atom is -0.456 e. The molecule has 50 heavy (non-hydrogen) atoms. The Balaban J connectivity index is 1.12. The van der Waals surface area contributed by atoms with Crippen LogP contribution in [0.15, 0.2) is 173 Å². The number of aromatic nitrogens is 3. The molecule has 0 spiro atoms. The number of furan rings is 2. The van der Waals surface area contributed by atoms with E-state index in [0.717, 1.165) is 82.8 Å². The number of fused-ring (bicyclic) bond motifs is 6. The summed E-state index contributed by atoms with van der Waals surface area (Å²) >= 11 is 0. The first-order chi connectivity index (χ1) is 24.8. The Morgan fingerprint density at radius 2 is 0.860 bits per heavy atom. The number of para-hydroxylation sites is 2. The molecule has 0 atom stereocenters. The molecule has 0 saturated heterocycles. The zero-order valence-electron chi connectivity index (χ0n) is 26.7. The highest BCUT2D eigenvalue weighted by atomic mass is 16.3. The van der Waals surface area contributed by atoms with E-state index < -0.39 is 0 Å². The molecule has 3 aromatic heterocycles. The first-order valence-corrected chi connectivity index (χ1v) is 16.6. The fourth-order valence-electron chi connectivity index (χ4n) is 6.97. The van der Waals surface area contributed by atoms with Gasteiger partial charge in [-0.25, -0.2) is 15.0 Å². The average Bonchev–Trinajstić information content (AvgIpc) is 3.77. The highest BCUT2D eigenvalue weighted by molar-refractivity contribution is 6.17. The highest BCUT2D eigenvalue weighted by Crippen LogP contribution is 2.42. The van der Waals surface area contributed by atoms with Crippen LogP contribution in [-0.2, 0) is 0 Å². The molecule has 0 unspecified atom stereocenters. The lowest BCUT2D eigenvalue weighted by Gasteiger charge is -2.10. The van der Waals surface area contributed by atoms with E-state index in [4.69, 9.17) is 23.8 Å². The van der Waals surface area contributed by atoms with Crippen LogP contribution in [0.1, 0.15) is 0 Å². The summed E-state index contributed by atoms with van der Waals surface area (Å²) in [5.74, 6) is 1.90. The molecule has 0 radical (unpaired) electrons. The van der Waals surface area contributed by atoms with Crippen molar-refractivity contribution in [1.82, 2.24) is 15.0 Å². The van der Waals surface area contributed by atoms with E-state index in [9.17, 15) is 0 Å². The van der Waals surface area contributed by atoms with Gasteiger partial charge in [0.2, 0.25) is 0 Å². The minimum atomic E-state index is 0.621. The van der Waals surface area contributed by atoms with Gasteiger partial charge < -0.3 is 8.83 Å². The molecule has 0 aliphatic rings. The summed E-state index contributed by atoms with van der Waals surface area (Å²) in [5.41, 5.74) is 10.5. The van der Waals surface area contributed by atoms with E-state index in [0.29, 0.717) is 17.5 Å². The van der Waals surface area contributed by atoms with E-state index in [1.165, 1.54) is 0 Å². The molecule has 3 heterocycles. The molecule has 0 amide bonds. The third-order valence-electron chi connectivity index (χ3n) is 9.34. The van der Waals surface area contributed by atoms with Crippen LogP contribution in [0, 0.1) is 0 Å². The Kier molecular flexibility index (Phi) is 6.42. The Morgan fingerprint density at radius 3 is 1.64 bits per heavy atom. The maximum Gasteiger partial charge on any atom is 0.164 e. The lowest BCUT2D eigenvalue weighted by atomic mass is 9.96. The predicted molar refractivity (Wildman–Crippen MR) is 202 cm³/mol. The van der Waals surface area contributed by atoms with Gasteiger partial charge in [-0.05, 0) is 47.0 Å². The van der Waals surface area contributed by atoms with Gasteiger partial charge >= 0.3 is 0 Å². The zero-order chi connectivity index (χ0) is 33.0. The van der Waals surface area contributed by atoms with Crippen LogP contribution in [-0.4, -0.2) is 15.0 Å². The predicted octanol–water partition coefficient (Wildman–Crippen LogP) is 12.0. The third-order valence-corrected chi connectivity index (χ3v) is 9.34. The summed E-state index contributed by atoms with van der Waals surface area (Å²) < 4.78 is 12.9. The summed E-state index contributed by atoms with van der Waals surface area (Å²) in [6.07, 6.45) is 0. The standard InChI is InChI=1S/C45H27N3O2/c1-3-12-28(13-4-1)43-46-44(29-14-5-2-6-15-29)48-45(47-43)32-17-9-16-30(26-32)31-24-25-39-37(27-31)41-34(19-11-23-40(41)49-39)36-21-10-20-35-33-18-7-8-22-38(33)50-42(35)36/h1-27H. The summed E-state index contributed by atoms with van der Waals surface area (Å²) in [7, 11) is 0. The second-order valence-electron chi connectivity index (χ2n) is 12.4.